The zero-order valence-electron chi connectivity index (χ0n) is 11.2. The lowest BCUT2D eigenvalue weighted by molar-refractivity contribution is 0.0904. The molecule has 0 atom stereocenters. The van der Waals surface area contributed by atoms with Crippen molar-refractivity contribution >= 4 is 17.4 Å². The molecule has 1 fully saturated rings. The van der Waals surface area contributed by atoms with E-state index in [1.54, 1.807) is 6.07 Å². The van der Waals surface area contributed by atoms with E-state index >= 15 is 0 Å². The molecule has 4 nitrogen and oxygen atoms in total. The highest BCUT2D eigenvalue weighted by atomic mass is 35.5. The molecule has 0 bridgehead atoms. The Morgan fingerprint density at radius 2 is 1.94 bits per heavy atom. The topological polar surface area (TPSA) is 47.0 Å². The van der Waals surface area contributed by atoms with Crippen molar-refractivity contribution in [3.05, 3.63) is 17.0 Å². The average molecular weight is 270 g/mol. The molecule has 1 aliphatic rings. The number of halogens is 1. The highest BCUT2D eigenvalue weighted by Crippen LogP contribution is 2.23. The monoisotopic (exact) mass is 269 g/mol. The summed E-state index contributed by atoms with van der Waals surface area (Å²) >= 11 is 6.06. The van der Waals surface area contributed by atoms with E-state index in [9.17, 15) is 0 Å². The molecule has 1 aromatic heterocycles. The van der Waals surface area contributed by atoms with Crippen LogP contribution in [0.1, 0.15) is 39.4 Å². The van der Waals surface area contributed by atoms with E-state index in [0.29, 0.717) is 11.2 Å². The molecule has 1 N–H and O–H groups in total. The van der Waals surface area contributed by atoms with Crippen molar-refractivity contribution in [3.63, 3.8) is 0 Å². The molecule has 0 aliphatic carbocycles. The fourth-order valence-corrected chi connectivity index (χ4v) is 2.06. The van der Waals surface area contributed by atoms with E-state index in [2.05, 4.69) is 36.1 Å². The minimum Gasteiger partial charge on any atom is -0.381 e. The largest absolute Gasteiger partial charge is 0.381 e. The van der Waals surface area contributed by atoms with E-state index in [-0.39, 0.29) is 5.41 Å². The summed E-state index contributed by atoms with van der Waals surface area (Å²) in [5.41, 5.74) is -0.100. The third-order valence-corrected chi connectivity index (χ3v) is 3.13. The van der Waals surface area contributed by atoms with Crippen LogP contribution in [0.2, 0.25) is 5.15 Å². The summed E-state index contributed by atoms with van der Waals surface area (Å²) < 4.78 is 5.34. The number of anilines is 1. The molecule has 18 heavy (non-hydrogen) atoms. The number of nitrogens with one attached hydrogen (secondary N) is 1. The molecule has 100 valence electrons. The van der Waals surface area contributed by atoms with Gasteiger partial charge in [-0.2, -0.15) is 0 Å². The second-order valence-corrected chi connectivity index (χ2v) is 6.07. The summed E-state index contributed by atoms with van der Waals surface area (Å²) in [6.45, 7) is 7.86. The molecule has 0 spiro atoms. The third-order valence-electron chi connectivity index (χ3n) is 2.94. The van der Waals surface area contributed by atoms with Crippen molar-refractivity contribution < 1.29 is 4.74 Å². The van der Waals surface area contributed by atoms with Gasteiger partial charge in [0.1, 0.15) is 16.8 Å². The molecule has 0 aromatic carbocycles. The Balaban J connectivity index is 2.14. The SMILES string of the molecule is CC(C)(C)c1nc(Cl)cc(NC2CCOCC2)n1. The van der Waals surface area contributed by atoms with Crippen molar-refractivity contribution in [1.82, 2.24) is 9.97 Å². The molecular formula is C13H20ClN3O. The van der Waals surface area contributed by atoms with Gasteiger partial charge in [-0.05, 0) is 12.8 Å². The van der Waals surface area contributed by atoms with Gasteiger partial charge in [0.2, 0.25) is 0 Å². The second-order valence-electron chi connectivity index (χ2n) is 5.68. The van der Waals surface area contributed by atoms with Crippen LogP contribution in [0.3, 0.4) is 0 Å². The lowest BCUT2D eigenvalue weighted by atomic mass is 9.96. The summed E-state index contributed by atoms with van der Waals surface area (Å²) in [5.74, 6) is 1.58. The van der Waals surface area contributed by atoms with Crippen LogP contribution >= 0.6 is 11.6 Å². The maximum atomic E-state index is 6.06. The molecule has 2 rings (SSSR count). The van der Waals surface area contributed by atoms with Gasteiger partial charge in [-0.1, -0.05) is 32.4 Å². The molecule has 2 heterocycles. The number of aromatic nitrogens is 2. The molecule has 0 unspecified atom stereocenters. The van der Waals surface area contributed by atoms with Gasteiger partial charge in [0.25, 0.3) is 0 Å². The van der Waals surface area contributed by atoms with Gasteiger partial charge >= 0.3 is 0 Å². The molecule has 0 radical (unpaired) electrons. The average Bonchev–Trinajstić information content (AvgIpc) is 2.28. The zero-order chi connectivity index (χ0) is 13.2. The summed E-state index contributed by atoms with van der Waals surface area (Å²) in [4.78, 5) is 8.84. The fourth-order valence-electron chi connectivity index (χ4n) is 1.88. The molecule has 1 aromatic rings. The van der Waals surface area contributed by atoms with Crippen LogP contribution in [0.4, 0.5) is 5.82 Å². The molecule has 0 amide bonds. The third kappa shape index (κ3) is 3.56. The number of hydrogen-bond donors (Lipinski definition) is 1. The Bertz CT molecular complexity index is 411. The summed E-state index contributed by atoms with van der Waals surface area (Å²) in [6.07, 6.45) is 2.01. The van der Waals surface area contributed by atoms with Gasteiger partial charge in [0.15, 0.2) is 0 Å². The lowest BCUT2D eigenvalue weighted by Crippen LogP contribution is -2.29. The van der Waals surface area contributed by atoms with Gasteiger partial charge in [-0.25, -0.2) is 9.97 Å². The summed E-state index contributed by atoms with van der Waals surface area (Å²) in [5, 5.41) is 3.91. The predicted molar refractivity (Wildman–Crippen MR) is 73.2 cm³/mol. The van der Waals surface area contributed by atoms with Crippen LogP contribution in [0.15, 0.2) is 6.07 Å². The van der Waals surface area contributed by atoms with Crippen LogP contribution in [0.25, 0.3) is 0 Å². The van der Waals surface area contributed by atoms with Gasteiger partial charge in [-0.15, -0.1) is 0 Å². The van der Waals surface area contributed by atoms with Crippen LogP contribution < -0.4 is 5.32 Å². The lowest BCUT2D eigenvalue weighted by Gasteiger charge is -2.24. The van der Waals surface area contributed by atoms with Crippen LogP contribution in [-0.2, 0) is 10.2 Å². The first-order chi connectivity index (χ1) is 8.45. The number of nitrogens with zero attached hydrogens (tertiary/aromatic N) is 2. The van der Waals surface area contributed by atoms with Crippen LogP contribution in [-0.4, -0.2) is 29.2 Å². The summed E-state index contributed by atoms with van der Waals surface area (Å²) in [7, 11) is 0. The zero-order valence-corrected chi connectivity index (χ0v) is 11.9. The minimum absolute atomic E-state index is 0.100. The number of rotatable bonds is 2. The predicted octanol–water partition coefficient (Wildman–Crippen LogP) is 3.02. The highest BCUT2D eigenvalue weighted by Gasteiger charge is 2.20. The van der Waals surface area contributed by atoms with Gasteiger partial charge in [0, 0.05) is 30.7 Å². The van der Waals surface area contributed by atoms with E-state index in [1.807, 2.05) is 0 Å². The van der Waals surface area contributed by atoms with Crippen molar-refractivity contribution in [1.29, 1.82) is 0 Å². The van der Waals surface area contributed by atoms with E-state index < -0.39 is 0 Å². The Hall–Kier alpha value is -0.870. The van der Waals surface area contributed by atoms with Crippen molar-refractivity contribution in [3.8, 4) is 0 Å². The van der Waals surface area contributed by atoms with Gasteiger partial charge < -0.3 is 10.1 Å². The van der Waals surface area contributed by atoms with Gasteiger partial charge in [0.05, 0.1) is 0 Å². The first-order valence-corrected chi connectivity index (χ1v) is 6.72. The van der Waals surface area contributed by atoms with Crippen LogP contribution in [0, 0.1) is 0 Å². The molecular weight excluding hydrogens is 250 g/mol. The normalized spacial score (nSPS) is 17.8. The van der Waals surface area contributed by atoms with E-state index in [1.165, 1.54) is 0 Å². The Morgan fingerprint density at radius 1 is 1.28 bits per heavy atom. The summed E-state index contributed by atoms with van der Waals surface area (Å²) in [6, 6.07) is 2.20. The fraction of sp³-hybridized carbons (Fsp3) is 0.692. The molecule has 1 saturated heterocycles. The molecule has 5 heteroatoms. The first kappa shape index (κ1) is 13.6. The Kier molecular flexibility index (Phi) is 4.07. The maximum absolute atomic E-state index is 6.06. The van der Waals surface area contributed by atoms with Crippen molar-refractivity contribution in [2.45, 2.75) is 45.1 Å². The number of hydrogen-bond acceptors (Lipinski definition) is 4. The quantitative estimate of drug-likeness (QED) is 0.839. The molecule has 1 aliphatic heterocycles. The maximum Gasteiger partial charge on any atom is 0.137 e. The first-order valence-electron chi connectivity index (χ1n) is 6.34. The Labute approximate surface area is 113 Å². The van der Waals surface area contributed by atoms with E-state index in [4.69, 9.17) is 16.3 Å². The molecule has 0 saturated carbocycles. The number of ether oxygens (including phenoxy) is 1. The smallest absolute Gasteiger partial charge is 0.137 e. The van der Waals surface area contributed by atoms with Crippen molar-refractivity contribution in [2.75, 3.05) is 18.5 Å². The standard InChI is InChI=1S/C13H20ClN3O/c1-13(2,3)12-16-10(14)8-11(17-12)15-9-4-6-18-7-5-9/h8-9H,4-7H2,1-3H3,(H,15,16,17). The Morgan fingerprint density at radius 3 is 2.56 bits per heavy atom. The second kappa shape index (κ2) is 5.41. The van der Waals surface area contributed by atoms with Gasteiger partial charge in [-0.3, -0.25) is 0 Å². The van der Waals surface area contributed by atoms with Crippen molar-refractivity contribution in [2.24, 2.45) is 0 Å². The van der Waals surface area contributed by atoms with E-state index in [0.717, 1.165) is 37.7 Å². The minimum atomic E-state index is -0.100. The highest BCUT2D eigenvalue weighted by molar-refractivity contribution is 6.29. The van der Waals surface area contributed by atoms with Crippen LogP contribution in [0.5, 0.6) is 0 Å².